The van der Waals surface area contributed by atoms with Crippen molar-refractivity contribution in [3.05, 3.63) is 34.4 Å². The molecule has 6 heteroatoms. The Morgan fingerprint density at radius 2 is 2.08 bits per heavy atom. The fourth-order valence-electron chi connectivity index (χ4n) is 3.22. The van der Waals surface area contributed by atoms with E-state index in [1.54, 1.807) is 19.2 Å². The van der Waals surface area contributed by atoms with E-state index in [0.29, 0.717) is 25.4 Å². The third-order valence-corrected chi connectivity index (χ3v) is 4.89. The van der Waals surface area contributed by atoms with Gasteiger partial charge in [-0.1, -0.05) is 0 Å². The monoisotopic (exact) mass is 392 g/mol. The van der Waals surface area contributed by atoms with E-state index >= 15 is 0 Å². The molecule has 1 fully saturated rings. The number of hydrogen-bond donors (Lipinski definition) is 0. The highest BCUT2D eigenvalue weighted by atomic mass is 79.9. The molecule has 1 aromatic heterocycles. The van der Waals surface area contributed by atoms with Crippen LogP contribution in [-0.2, 0) is 9.47 Å². The smallest absolute Gasteiger partial charge is 0.338 e. The lowest BCUT2D eigenvalue weighted by Gasteiger charge is -2.41. The van der Waals surface area contributed by atoms with E-state index in [9.17, 15) is 4.79 Å². The molecule has 128 valence electrons. The van der Waals surface area contributed by atoms with E-state index < -0.39 is 0 Å². The minimum atomic E-state index is -0.318. The molecule has 0 saturated carbocycles. The van der Waals surface area contributed by atoms with Crippen molar-refractivity contribution >= 4 is 38.5 Å². The summed E-state index contributed by atoms with van der Waals surface area (Å²) in [6.45, 7) is 7.81. The van der Waals surface area contributed by atoms with E-state index in [-0.39, 0.29) is 18.1 Å². The van der Waals surface area contributed by atoms with Gasteiger partial charge in [0, 0.05) is 28.1 Å². The Kier molecular flexibility index (Phi) is 5.06. The van der Waals surface area contributed by atoms with Crippen LogP contribution >= 0.6 is 15.9 Å². The molecule has 0 spiro atoms. The van der Waals surface area contributed by atoms with Crippen molar-refractivity contribution in [3.63, 3.8) is 0 Å². The number of pyridine rings is 1. The third kappa shape index (κ3) is 3.13. The zero-order valence-electron chi connectivity index (χ0n) is 14.1. The summed E-state index contributed by atoms with van der Waals surface area (Å²) >= 11 is 3.66. The van der Waals surface area contributed by atoms with Gasteiger partial charge < -0.3 is 14.4 Å². The molecular weight excluding hydrogens is 372 g/mol. The molecule has 1 aliphatic heterocycles. The molecule has 0 unspecified atom stereocenters. The van der Waals surface area contributed by atoms with Gasteiger partial charge >= 0.3 is 5.97 Å². The van der Waals surface area contributed by atoms with Gasteiger partial charge in [0.2, 0.25) is 0 Å². The molecule has 1 aliphatic rings. The average Bonchev–Trinajstić information content (AvgIpc) is 2.54. The van der Waals surface area contributed by atoms with Crippen LogP contribution in [-0.4, -0.2) is 42.9 Å². The van der Waals surface area contributed by atoms with E-state index in [1.165, 1.54) is 0 Å². The van der Waals surface area contributed by atoms with E-state index in [4.69, 9.17) is 9.47 Å². The predicted molar refractivity (Wildman–Crippen MR) is 97.6 cm³/mol. The highest BCUT2D eigenvalue weighted by Gasteiger charge is 2.28. The molecule has 0 aliphatic carbocycles. The minimum absolute atomic E-state index is 0.255. The molecule has 1 saturated heterocycles. The number of rotatable bonds is 3. The zero-order chi connectivity index (χ0) is 17.3. The van der Waals surface area contributed by atoms with Gasteiger partial charge in [-0.15, -0.1) is 0 Å². The Labute approximate surface area is 150 Å². The number of halogens is 1. The van der Waals surface area contributed by atoms with Gasteiger partial charge in [-0.25, -0.2) is 4.79 Å². The summed E-state index contributed by atoms with van der Waals surface area (Å²) in [5.41, 5.74) is 2.36. The van der Waals surface area contributed by atoms with Gasteiger partial charge in [0.15, 0.2) is 0 Å². The summed E-state index contributed by atoms with van der Waals surface area (Å²) in [5.74, 6) is -0.318. The second-order valence-corrected chi connectivity index (χ2v) is 6.90. The molecule has 5 nitrogen and oxygen atoms in total. The van der Waals surface area contributed by atoms with Crippen molar-refractivity contribution in [2.45, 2.75) is 32.9 Å². The van der Waals surface area contributed by atoms with E-state index in [0.717, 1.165) is 21.1 Å². The number of ether oxygens (including phenoxy) is 2. The van der Waals surface area contributed by atoms with Gasteiger partial charge in [0.25, 0.3) is 0 Å². The van der Waals surface area contributed by atoms with E-state index in [1.807, 2.05) is 12.1 Å². The number of anilines is 1. The molecule has 0 bridgehead atoms. The molecule has 2 aromatic rings. The quantitative estimate of drug-likeness (QED) is 0.743. The van der Waals surface area contributed by atoms with Crippen molar-refractivity contribution in [2.75, 3.05) is 24.7 Å². The number of carbonyl (C=O) groups excluding carboxylic acids is 1. The predicted octanol–water partition coefficient (Wildman–Crippen LogP) is 3.79. The maximum absolute atomic E-state index is 12.3. The number of carbonyl (C=O) groups is 1. The maximum atomic E-state index is 12.3. The normalized spacial score (nSPS) is 21.1. The second kappa shape index (κ2) is 7.07. The minimum Gasteiger partial charge on any atom is -0.462 e. The number of hydrogen-bond acceptors (Lipinski definition) is 5. The number of benzene rings is 1. The summed E-state index contributed by atoms with van der Waals surface area (Å²) in [4.78, 5) is 19.0. The summed E-state index contributed by atoms with van der Waals surface area (Å²) in [6, 6.07) is 6.21. The van der Waals surface area contributed by atoms with Crippen LogP contribution in [0.4, 0.5) is 5.69 Å². The Balaban J connectivity index is 2.14. The van der Waals surface area contributed by atoms with Crippen molar-refractivity contribution in [2.24, 2.45) is 0 Å². The summed E-state index contributed by atoms with van der Waals surface area (Å²) in [6.07, 6.45) is 1.64. The molecular formula is C18H21BrN2O3. The third-order valence-electron chi connectivity index (χ3n) is 4.25. The van der Waals surface area contributed by atoms with Crippen molar-refractivity contribution < 1.29 is 14.3 Å². The first-order valence-electron chi connectivity index (χ1n) is 8.14. The van der Waals surface area contributed by atoms with Crippen LogP contribution in [0.2, 0.25) is 0 Å². The molecule has 24 heavy (non-hydrogen) atoms. The second-order valence-electron chi connectivity index (χ2n) is 6.04. The fraction of sp³-hybridized carbons (Fsp3) is 0.444. The number of nitrogens with zero attached hydrogens (tertiary/aromatic N) is 2. The zero-order valence-corrected chi connectivity index (χ0v) is 15.7. The molecule has 2 atom stereocenters. The number of aromatic nitrogens is 1. The standard InChI is InChI=1S/C18H21BrN2O3/c1-4-24-18(22)13-5-6-20-16-8-15(19)17(7-14(13)16)21-11(2)9-23-10-12(21)3/h5-8,11-12H,4,9-10H2,1-3H3/t11-,12+. The Hall–Kier alpha value is -1.66. The van der Waals surface area contributed by atoms with Gasteiger partial charge in [0.05, 0.1) is 36.6 Å². The van der Waals surface area contributed by atoms with Crippen molar-refractivity contribution in [1.29, 1.82) is 0 Å². The SMILES string of the molecule is CCOC(=O)c1ccnc2cc(Br)c(N3[C@H](C)COC[C@@H]3C)cc12. The average molecular weight is 393 g/mol. The van der Waals surface area contributed by atoms with Gasteiger partial charge in [-0.3, -0.25) is 4.98 Å². The van der Waals surface area contributed by atoms with Gasteiger partial charge in [-0.2, -0.15) is 0 Å². The lowest BCUT2D eigenvalue weighted by molar-refractivity contribution is 0.0528. The van der Waals surface area contributed by atoms with Crippen LogP contribution in [0.3, 0.4) is 0 Å². The number of fused-ring (bicyclic) bond motifs is 1. The largest absolute Gasteiger partial charge is 0.462 e. The van der Waals surface area contributed by atoms with Crippen LogP contribution in [0.1, 0.15) is 31.1 Å². The topological polar surface area (TPSA) is 51.7 Å². The van der Waals surface area contributed by atoms with E-state index in [2.05, 4.69) is 39.7 Å². The maximum Gasteiger partial charge on any atom is 0.338 e. The molecule has 3 rings (SSSR count). The van der Waals surface area contributed by atoms with Crippen LogP contribution in [0, 0.1) is 0 Å². The van der Waals surface area contributed by atoms with Crippen LogP contribution in [0.25, 0.3) is 10.9 Å². The summed E-state index contributed by atoms with van der Waals surface area (Å²) in [7, 11) is 0. The Morgan fingerprint density at radius 1 is 1.38 bits per heavy atom. The van der Waals surface area contributed by atoms with Crippen molar-refractivity contribution in [3.8, 4) is 0 Å². The lowest BCUT2D eigenvalue weighted by atomic mass is 10.1. The van der Waals surface area contributed by atoms with Crippen LogP contribution in [0.5, 0.6) is 0 Å². The molecule has 0 amide bonds. The first kappa shape index (κ1) is 17.2. The Morgan fingerprint density at radius 3 is 2.75 bits per heavy atom. The molecule has 0 N–H and O–H groups in total. The summed E-state index contributed by atoms with van der Waals surface area (Å²) in [5, 5.41) is 0.806. The first-order chi connectivity index (χ1) is 11.5. The Bertz CT molecular complexity index is 755. The van der Waals surface area contributed by atoms with Gasteiger partial charge in [0.1, 0.15) is 0 Å². The van der Waals surface area contributed by atoms with Crippen LogP contribution < -0.4 is 4.90 Å². The van der Waals surface area contributed by atoms with Crippen molar-refractivity contribution in [1.82, 2.24) is 4.98 Å². The van der Waals surface area contributed by atoms with Gasteiger partial charge in [-0.05, 0) is 54.9 Å². The molecule has 1 aromatic carbocycles. The van der Waals surface area contributed by atoms with Crippen LogP contribution in [0.15, 0.2) is 28.9 Å². The first-order valence-corrected chi connectivity index (χ1v) is 8.93. The number of esters is 1. The lowest BCUT2D eigenvalue weighted by Crippen LogP contribution is -2.49. The highest BCUT2D eigenvalue weighted by Crippen LogP contribution is 2.35. The summed E-state index contributed by atoms with van der Waals surface area (Å²) < 4.78 is 11.8. The number of morpholine rings is 1. The fourth-order valence-corrected chi connectivity index (χ4v) is 3.76. The highest BCUT2D eigenvalue weighted by molar-refractivity contribution is 9.10. The molecule has 0 radical (unpaired) electrons. The molecule has 2 heterocycles.